The molecule has 1 atom stereocenters. The van der Waals surface area contributed by atoms with E-state index in [-0.39, 0.29) is 6.29 Å². The highest BCUT2D eigenvalue weighted by molar-refractivity contribution is 5.15. The van der Waals surface area contributed by atoms with E-state index in [0.29, 0.717) is 19.8 Å². The minimum absolute atomic E-state index is 0.261. The second-order valence-electron chi connectivity index (χ2n) is 3.42. The highest BCUT2D eigenvalue weighted by Crippen LogP contribution is 2.18. The molecule has 0 N–H and O–H groups in total. The summed E-state index contributed by atoms with van der Waals surface area (Å²) in [6.45, 7) is 3.97. The molecule has 0 aliphatic rings. The van der Waals surface area contributed by atoms with E-state index >= 15 is 0 Å². The second-order valence-corrected chi connectivity index (χ2v) is 3.42. The van der Waals surface area contributed by atoms with E-state index in [4.69, 9.17) is 14.2 Å². The Labute approximate surface area is 97.3 Å². The molecule has 0 bridgehead atoms. The van der Waals surface area contributed by atoms with Crippen LogP contribution in [0.15, 0.2) is 30.3 Å². The Hall–Kier alpha value is -0.900. The Morgan fingerprint density at radius 3 is 2.44 bits per heavy atom. The quantitative estimate of drug-likeness (QED) is 0.502. The fraction of sp³-hybridized carbons (Fsp3) is 0.538. The van der Waals surface area contributed by atoms with Gasteiger partial charge in [-0.3, -0.25) is 0 Å². The number of methoxy groups -OCH3 is 1. The molecule has 0 saturated heterocycles. The van der Waals surface area contributed by atoms with E-state index in [2.05, 4.69) is 0 Å². The summed E-state index contributed by atoms with van der Waals surface area (Å²) in [5.74, 6) is 0. The highest BCUT2D eigenvalue weighted by atomic mass is 16.7. The largest absolute Gasteiger partial charge is 0.385 e. The van der Waals surface area contributed by atoms with Gasteiger partial charge in [-0.1, -0.05) is 30.3 Å². The molecule has 0 saturated carbocycles. The molecule has 0 spiro atoms. The molecular weight excluding hydrogens is 204 g/mol. The molecule has 3 heteroatoms. The van der Waals surface area contributed by atoms with Gasteiger partial charge in [0.25, 0.3) is 0 Å². The van der Waals surface area contributed by atoms with E-state index in [0.717, 1.165) is 12.0 Å². The first kappa shape index (κ1) is 13.2. The molecule has 0 aromatic heterocycles. The molecule has 0 radical (unpaired) electrons. The average Bonchev–Trinajstić information content (AvgIpc) is 2.34. The predicted molar refractivity (Wildman–Crippen MR) is 63.3 cm³/mol. The molecule has 1 unspecified atom stereocenters. The van der Waals surface area contributed by atoms with Crippen LogP contribution in [0.5, 0.6) is 0 Å². The van der Waals surface area contributed by atoms with Crippen molar-refractivity contribution in [2.75, 3.05) is 26.9 Å². The smallest absolute Gasteiger partial charge is 0.183 e. The van der Waals surface area contributed by atoms with Crippen LogP contribution in [0.3, 0.4) is 0 Å². The fourth-order valence-corrected chi connectivity index (χ4v) is 1.40. The Morgan fingerprint density at radius 2 is 1.81 bits per heavy atom. The van der Waals surface area contributed by atoms with Crippen molar-refractivity contribution in [1.29, 1.82) is 0 Å². The third kappa shape index (κ3) is 4.75. The van der Waals surface area contributed by atoms with Crippen LogP contribution < -0.4 is 0 Å². The van der Waals surface area contributed by atoms with Gasteiger partial charge in [0.05, 0.1) is 6.61 Å². The summed E-state index contributed by atoms with van der Waals surface area (Å²) in [6, 6.07) is 9.98. The van der Waals surface area contributed by atoms with Crippen LogP contribution in [0.2, 0.25) is 0 Å². The van der Waals surface area contributed by atoms with Crippen LogP contribution in [0.1, 0.15) is 25.2 Å². The summed E-state index contributed by atoms with van der Waals surface area (Å²) in [4.78, 5) is 0. The normalized spacial score (nSPS) is 12.6. The number of benzene rings is 1. The Kier molecular flexibility index (Phi) is 6.81. The monoisotopic (exact) mass is 224 g/mol. The zero-order valence-corrected chi connectivity index (χ0v) is 10.0. The van der Waals surface area contributed by atoms with E-state index in [1.165, 1.54) is 0 Å². The lowest BCUT2D eigenvalue weighted by Crippen LogP contribution is -2.10. The van der Waals surface area contributed by atoms with Gasteiger partial charge in [0.2, 0.25) is 0 Å². The van der Waals surface area contributed by atoms with Crippen LogP contribution in [0, 0.1) is 0 Å². The summed E-state index contributed by atoms with van der Waals surface area (Å²) in [7, 11) is 1.69. The molecule has 0 heterocycles. The van der Waals surface area contributed by atoms with Crippen molar-refractivity contribution >= 4 is 0 Å². The van der Waals surface area contributed by atoms with Gasteiger partial charge >= 0.3 is 0 Å². The second kappa shape index (κ2) is 8.28. The van der Waals surface area contributed by atoms with Gasteiger partial charge in [-0.05, 0) is 13.3 Å². The summed E-state index contributed by atoms with van der Waals surface area (Å²) in [6.07, 6.45) is 0.621. The highest BCUT2D eigenvalue weighted by Gasteiger charge is 2.10. The molecule has 0 amide bonds. The third-order valence-corrected chi connectivity index (χ3v) is 2.15. The van der Waals surface area contributed by atoms with Gasteiger partial charge in [-0.25, -0.2) is 0 Å². The van der Waals surface area contributed by atoms with Crippen molar-refractivity contribution < 1.29 is 14.2 Å². The Morgan fingerprint density at radius 1 is 1.06 bits per heavy atom. The topological polar surface area (TPSA) is 27.7 Å². The molecule has 0 aliphatic heterocycles. The molecule has 1 aromatic rings. The number of rotatable bonds is 8. The van der Waals surface area contributed by atoms with Gasteiger partial charge in [-0.15, -0.1) is 0 Å². The lowest BCUT2D eigenvalue weighted by atomic mass is 10.2. The SMILES string of the molecule is CCOC(OCCCOC)c1ccccc1. The summed E-state index contributed by atoms with van der Waals surface area (Å²) in [5.41, 5.74) is 1.06. The van der Waals surface area contributed by atoms with E-state index < -0.39 is 0 Å². The van der Waals surface area contributed by atoms with Crippen molar-refractivity contribution in [3.05, 3.63) is 35.9 Å². The van der Waals surface area contributed by atoms with Crippen LogP contribution in [-0.4, -0.2) is 26.9 Å². The molecule has 90 valence electrons. The van der Waals surface area contributed by atoms with E-state index in [9.17, 15) is 0 Å². The summed E-state index contributed by atoms with van der Waals surface area (Å²) < 4.78 is 16.2. The molecule has 16 heavy (non-hydrogen) atoms. The minimum Gasteiger partial charge on any atom is -0.385 e. The van der Waals surface area contributed by atoms with Crippen molar-refractivity contribution in [2.24, 2.45) is 0 Å². The molecule has 1 aromatic carbocycles. The first-order valence-electron chi connectivity index (χ1n) is 5.65. The van der Waals surface area contributed by atoms with Gasteiger partial charge in [0, 0.05) is 25.9 Å². The maximum atomic E-state index is 5.67. The first-order chi connectivity index (χ1) is 7.88. The lowest BCUT2D eigenvalue weighted by molar-refractivity contribution is -0.145. The lowest BCUT2D eigenvalue weighted by Gasteiger charge is -2.17. The maximum absolute atomic E-state index is 5.67. The van der Waals surface area contributed by atoms with Crippen LogP contribution in [0.25, 0.3) is 0 Å². The van der Waals surface area contributed by atoms with Crippen molar-refractivity contribution in [1.82, 2.24) is 0 Å². The van der Waals surface area contributed by atoms with E-state index in [1.54, 1.807) is 7.11 Å². The number of ether oxygens (including phenoxy) is 3. The fourth-order valence-electron chi connectivity index (χ4n) is 1.40. The van der Waals surface area contributed by atoms with E-state index in [1.807, 2.05) is 37.3 Å². The summed E-state index contributed by atoms with van der Waals surface area (Å²) in [5, 5.41) is 0. The average molecular weight is 224 g/mol. The molecule has 0 aliphatic carbocycles. The zero-order valence-electron chi connectivity index (χ0n) is 10.0. The van der Waals surface area contributed by atoms with Gasteiger partial charge < -0.3 is 14.2 Å². The number of hydrogen-bond acceptors (Lipinski definition) is 3. The number of hydrogen-bond donors (Lipinski definition) is 0. The van der Waals surface area contributed by atoms with Gasteiger partial charge in [0.15, 0.2) is 6.29 Å². The Balaban J connectivity index is 2.41. The molecule has 1 rings (SSSR count). The van der Waals surface area contributed by atoms with Crippen LogP contribution in [0.4, 0.5) is 0 Å². The molecular formula is C13H20O3. The summed E-state index contributed by atoms with van der Waals surface area (Å²) >= 11 is 0. The molecule has 0 fully saturated rings. The standard InChI is InChI=1S/C13H20O3/c1-3-15-13(16-11-7-10-14-2)12-8-5-4-6-9-12/h4-6,8-9,13H,3,7,10-11H2,1-2H3. The first-order valence-corrected chi connectivity index (χ1v) is 5.65. The molecule has 3 nitrogen and oxygen atoms in total. The Bertz CT molecular complexity index is 261. The maximum Gasteiger partial charge on any atom is 0.183 e. The van der Waals surface area contributed by atoms with Gasteiger partial charge in [-0.2, -0.15) is 0 Å². The van der Waals surface area contributed by atoms with Gasteiger partial charge in [0.1, 0.15) is 0 Å². The minimum atomic E-state index is -0.261. The van der Waals surface area contributed by atoms with Crippen molar-refractivity contribution in [3.8, 4) is 0 Å². The van der Waals surface area contributed by atoms with Crippen LogP contribution in [-0.2, 0) is 14.2 Å². The van der Waals surface area contributed by atoms with Crippen LogP contribution >= 0.6 is 0 Å². The predicted octanol–water partition coefficient (Wildman–Crippen LogP) is 2.77. The van der Waals surface area contributed by atoms with Crippen molar-refractivity contribution in [3.63, 3.8) is 0 Å². The zero-order chi connectivity index (χ0) is 11.6. The third-order valence-electron chi connectivity index (χ3n) is 2.15. The van der Waals surface area contributed by atoms with Crippen molar-refractivity contribution in [2.45, 2.75) is 19.6 Å².